The molecule has 0 spiro atoms. The third-order valence-corrected chi connectivity index (χ3v) is 4.30. The molecule has 1 fully saturated rings. The topological polar surface area (TPSA) is 15.3 Å². The Balaban J connectivity index is 2.34. The van der Waals surface area contributed by atoms with Gasteiger partial charge in [0.05, 0.1) is 0 Å². The van der Waals surface area contributed by atoms with Gasteiger partial charge in [-0.2, -0.15) is 0 Å². The van der Waals surface area contributed by atoms with Gasteiger partial charge < -0.3 is 10.2 Å². The predicted octanol–water partition coefficient (Wildman–Crippen LogP) is 3.63. The fourth-order valence-electron chi connectivity index (χ4n) is 3.04. The van der Waals surface area contributed by atoms with Crippen molar-refractivity contribution >= 4 is 0 Å². The molecule has 1 unspecified atom stereocenters. The van der Waals surface area contributed by atoms with Gasteiger partial charge in [0.25, 0.3) is 0 Å². The van der Waals surface area contributed by atoms with Crippen molar-refractivity contribution in [2.75, 3.05) is 32.7 Å². The summed E-state index contributed by atoms with van der Waals surface area (Å²) in [5.74, 6) is 1.61. The molecule has 2 heteroatoms. The van der Waals surface area contributed by atoms with Crippen LogP contribution in [0.5, 0.6) is 0 Å². The van der Waals surface area contributed by atoms with E-state index in [4.69, 9.17) is 0 Å². The quantitative estimate of drug-likeness (QED) is 0.791. The number of nitrogens with zero attached hydrogens (tertiary/aromatic N) is 1. The van der Waals surface area contributed by atoms with Crippen LogP contribution in [0.2, 0.25) is 0 Å². The van der Waals surface area contributed by atoms with Crippen LogP contribution in [0, 0.1) is 22.7 Å². The van der Waals surface area contributed by atoms with Gasteiger partial charge in [0.15, 0.2) is 0 Å². The Morgan fingerprint density at radius 2 is 1.79 bits per heavy atom. The summed E-state index contributed by atoms with van der Waals surface area (Å²) < 4.78 is 0. The largest absolute Gasteiger partial charge is 0.316 e. The molecule has 114 valence electrons. The van der Waals surface area contributed by atoms with E-state index >= 15 is 0 Å². The number of rotatable bonds is 6. The van der Waals surface area contributed by atoms with Crippen LogP contribution >= 0.6 is 0 Å². The molecule has 19 heavy (non-hydrogen) atoms. The highest BCUT2D eigenvalue weighted by molar-refractivity contribution is 4.87. The first kappa shape index (κ1) is 17.0. The zero-order valence-corrected chi connectivity index (χ0v) is 14.3. The van der Waals surface area contributed by atoms with Crippen molar-refractivity contribution in [3.05, 3.63) is 0 Å². The van der Waals surface area contributed by atoms with Gasteiger partial charge >= 0.3 is 0 Å². The van der Waals surface area contributed by atoms with Gasteiger partial charge in [-0.05, 0) is 42.2 Å². The molecule has 1 N–H and O–H groups in total. The molecule has 1 saturated heterocycles. The lowest BCUT2D eigenvalue weighted by molar-refractivity contribution is 0.177. The van der Waals surface area contributed by atoms with Crippen LogP contribution in [0.15, 0.2) is 0 Å². The molecule has 2 nitrogen and oxygen atoms in total. The Morgan fingerprint density at radius 1 is 1.16 bits per heavy atom. The molecule has 1 atom stereocenters. The Hall–Kier alpha value is -0.0800. The molecule has 0 amide bonds. The number of nitrogens with one attached hydrogen (secondary N) is 1. The summed E-state index contributed by atoms with van der Waals surface area (Å²) in [6, 6.07) is 0. The fourth-order valence-corrected chi connectivity index (χ4v) is 3.04. The standard InChI is InChI=1S/C17H36N2/c1-14(2)10-18-12-17(6,7)13-19-9-8-15(11-19)16(3,4)5/h14-15,18H,8-13H2,1-7H3. The third-order valence-electron chi connectivity index (χ3n) is 4.30. The zero-order valence-electron chi connectivity index (χ0n) is 14.3. The zero-order chi connectivity index (χ0) is 14.7. The van der Waals surface area contributed by atoms with E-state index in [0.717, 1.165) is 24.9 Å². The second kappa shape index (κ2) is 6.58. The molecule has 0 aliphatic carbocycles. The van der Waals surface area contributed by atoms with Crippen LogP contribution in [0.4, 0.5) is 0 Å². The molecule has 1 aliphatic heterocycles. The van der Waals surface area contributed by atoms with Crippen molar-refractivity contribution in [3.63, 3.8) is 0 Å². The van der Waals surface area contributed by atoms with Gasteiger partial charge in [0.1, 0.15) is 0 Å². The maximum atomic E-state index is 3.61. The number of hydrogen-bond acceptors (Lipinski definition) is 2. The van der Waals surface area contributed by atoms with Gasteiger partial charge in [-0.3, -0.25) is 0 Å². The van der Waals surface area contributed by atoms with Crippen molar-refractivity contribution in [3.8, 4) is 0 Å². The molecule has 0 saturated carbocycles. The van der Waals surface area contributed by atoms with Crippen molar-refractivity contribution in [1.29, 1.82) is 0 Å². The number of likely N-dealkylation sites (tertiary alicyclic amines) is 1. The first-order valence-electron chi connectivity index (χ1n) is 8.03. The predicted molar refractivity (Wildman–Crippen MR) is 85.5 cm³/mol. The van der Waals surface area contributed by atoms with E-state index in [1.807, 2.05) is 0 Å². The van der Waals surface area contributed by atoms with Gasteiger partial charge in [-0.1, -0.05) is 48.5 Å². The van der Waals surface area contributed by atoms with E-state index in [1.54, 1.807) is 0 Å². The Kier molecular flexibility index (Phi) is 5.88. The van der Waals surface area contributed by atoms with E-state index in [2.05, 4.69) is 58.7 Å². The van der Waals surface area contributed by atoms with Crippen molar-refractivity contribution in [1.82, 2.24) is 10.2 Å². The van der Waals surface area contributed by atoms with Crippen LogP contribution < -0.4 is 5.32 Å². The molecular weight excluding hydrogens is 232 g/mol. The summed E-state index contributed by atoms with van der Waals surface area (Å²) in [4.78, 5) is 2.67. The second-order valence-corrected chi connectivity index (χ2v) is 8.78. The van der Waals surface area contributed by atoms with E-state index < -0.39 is 0 Å². The minimum Gasteiger partial charge on any atom is -0.316 e. The molecular formula is C17H36N2. The van der Waals surface area contributed by atoms with Gasteiger partial charge in [-0.15, -0.1) is 0 Å². The van der Waals surface area contributed by atoms with Gasteiger partial charge in [0, 0.05) is 19.6 Å². The summed E-state index contributed by atoms with van der Waals surface area (Å²) in [7, 11) is 0. The minimum absolute atomic E-state index is 0.377. The summed E-state index contributed by atoms with van der Waals surface area (Å²) in [5, 5.41) is 3.61. The highest BCUT2D eigenvalue weighted by Crippen LogP contribution is 2.34. The maximum absolute atomic E-state index is 3.61. The van der Waals surface area contributed by atoms with Crippen LogP contribution in [-0.2, 0) is 0 Å². The van der Waals surface area contributed by atoms with Crippen molar-refractivity contribution in [2.24, 2.45) is 22.7 Å². The highest BCUT2D eigenvalue weighted by Gasteiger charge is 2.33. The minimum atomic E-state index is 0.377. The van der Waals surface area contributed by atoms with Crippen LogP contribution in [0.1, 0.15) is 54.9 Å². The average Bonchev–Trinajstić information content (AvgIpc) is 2.63. The average molecular weight is 268 g/mol. The van der Waals surface area contributed by atoms with E-state index in [9.17, 15) is 0 Å². The molecule has 1 rings (SSSR count). The second-order valence-electron chi connectivity index (χ2n) is 8.78. The lowest BCUT2D eigenvalue weighted by Gasteiger charge is -2.32. The SMILES string of the molecule is CC(C)CNCC(C)(C)CN1CCC(C(C)(C)C)C1. The monoisotopic (exact) mass is 268 g/mol. The van der Waals surface area contributed by atoms with Crippen LogP contribution in [-0.4, -0.2) is 37.6 Å². The summed E-state index contributed by atoms with van der Waals surface area (Å²) in [6.07, 6.45) is 1.37. The molecule has 0 aromatic carbocycles. The Morgan fingerprint density at radius 3 is 2.26 bits per heavy atom. The summed E-state index contributed by atoms with van der Waals surface area (Å²) in [6.45, 7) is 22.6. The molecule has 1 heterocycles. The first-order chi connectivity index (χ1) is 8.60. The van der Waals surface area contributed by atoms with Crippen LogP contribution in [0.25, 0.3) is 0 Å². The smallest absolute Gasteiger partial charge is 0.00449 e. The Labute approximate surface area is 121 Å². The Bertz CT molecular complexity index is 263. The first-order valence-corrected chi connectivity index (χ1v) is 8.03. The van der Waals surface area contributed by atoms with Crippen LogP contribution in [0.3, 0.4) is 0 Å². The lowest BCUT2D eigenvalue weighted by atomic mass is 9.80. The summed E-state index contributed by atoms with van der Waals surface area (Å²) >= 11 is 0. The lowest BCUT2D eigenvalue weighted by Crippen LogP contribution is -2.41. The molecule has 0 bridgehead atoms. The highest BCUT2D eigenvalue weighted by atomic mass is 15.2. The van der Waals surface area contributed by atoms with Gasteiger partial charge in [0.2, 0.25) is 0 Å². The molecule has 1 aliphatic rings. The molecule has 0 aromatic heterocycles. The number of hydrogen-bond donors (Lipinski definition) is 1. The maximum Gasteiger partial charge on any atom is 0.00449 e. The fraction of sp³-hybridized carbons (Fsp3) is 1.00. The van der Waals surface area contributed by atoms with Crippen molar-refractivity contribution < 1.29 is 0 Å². The summed E-state index contributed by atoms with van der Waals surface area (Å²) in [5.41, 5.74) is 0.844. The molecule has 0 aromatic rings. The molecule has 0 radical (unpaired) electrons. The van der Waals surface area contributed by atoms with Crippen molar-refractivity contribution in [2.45, 2.75) is 54.9 Å². The third kappa shape index (κ3) is 6.27. The normalized spacial score (nSPS) is 22.4. The van der Waals surface area contributed by atoms with E-state index in [-0.39, 0.29) is 0 Å². The van der Waals surface area contributed by atoms with Gasteiger partial charge in [-0.25, -0.2) is 0 Å². The van der Waals surface area contributed by atoms with E-state index in [0.29, 0.717) is 10.8 Å². The van der Waals surface area contributed by atoms with E-state index in [1.165, 1.54) is 26.1 Å².